The predicted molar refractivity (Wildman–Crippen MR) is 189 cm³/mol. The molecule has 0 bridgehead atoms. The van der Waals surface area contributed by atoms with Gasteiger partial charge >= 0.3 is 6.09 Å². The number of amides is 1. The number of ketones is 1. The molecule has 0 unspecified atom stereocenters. The van der Waals surface area contributed by atoms with Crippen molar-refractivity contribution in [3.8, 4) is 16.9 Å². The number of anilines is 1. The quantitative estimate of drug-likeness (QED) is 0.0818. The lowest BCUT2D eigenvalue weighted by Crippen LogP contribution is -2.28. The van der Waals surface area contributed by atoms with Crippen molar-refractivity contribution in [1.29, 1.82) is 0 Å². The fourth-order valence-corrected chi connectivity index (χ4v) is 5.62. The molecule has 244 valence electrons. The van der Waals surface area contributed by atoms with Crippen LogP contribution in [0.2, 0.25) is 0 Å². The number of carbonyl (C=O) groups excluding carboxylic acids is 2. The zero-order chi connectivity index (χ0) is 32.8. The van der Waals surface area contributed by atoms with Gasteiger partial charge in [-0.05, 0) is 85.9 Å². The number of aromatic nitrogens is 1. The summed E-state index contributed by atoms with van der Waals surface area (Å²) in [6.45, 7) is 8.61. The zero-order valence-electron chi connectivity index (χ0n) is 27.5. The van der Waals surface area contributed by atoms with Crippen LogP contribution in [0.3, 0.4) is 0 Å². The number of nitrogens with one attached hydrogen (secondary N) is 1. The van der Waals surface area contributed by atoms with E-state index in [0.717, 1.165) is 54.0 Å². The minimum Gasteiger partial charge on any atom is -0.494 e. The lowest BCUT2D eigenvalue weighted by molar-refractivity contribution is 0.103. The third-order valence-corrected chi connectivity index (χ3v) is 8.19. The summed E-state index contributed by atoms with van der Waals surface area (Å²) >= 11 is 0. The third kappa shape index (κ3) is 9.33. The summed E-state index contributed by atoms with van der Waals surface area (Å²) in [7, 11) is 0. The molecule has 0 aliphatic carbocycles. The number of ether oxygens (including phenoxy) is 2. The molecule has 0 aliphatic rings. The van der Waals surface area contributed by atoms with Crippen LogP contribution in [0.4, 0.5) is 10.5 Å². The van der Waals surface area contributed by atoms with E-state index in [1.165, 1.54) is 25.7 Å². The highest BCUT2D eigenvalue weighted by Gasteiger charge is 2.21. The van der Waals surface area contributed by atoms with Crippen molar-refractivity contribution in [3.05, 3.63) is 126 Å². The molecule has 0 atom stereocenters. The highest BCUT2D eigenvalue weighted by Crippen LogP contribution is 2.31. The molecular weight excluding hydrogens is 586 g/mol. The van der Waals surface area contributed by atoms with Crippen molar-refractivity contribution in [2.75, 3.05) is 31.6 Å². The van der Waals surface area contributed by atoms with Gasteiger partial charge in [-0.2, -0.15) is 0 Å². The van der Waals surface area contributed by atoms with Crippen LogP contribution < -0.4 is 10.1 Å². The van der Waals surface area contributed by atoms with Gasteiger partial charge in [0.2, 0.25) is 5.78 Å². The maximum absolute atomic E-state index is 14.1. The molecule has 0 aliphatic heterocycles. The molecule has 0 fully saturated rings. The number of pyridine rings is 1. The molecule has 2 aromatic heterocycles. The van der Waals surface area contributed by atoms with Gasteiger partial charge in [0.15, 0.2) is 0 Å². The van der Waals surface area contributed by atoms with Crippen LogP contribution in [0, 0.1) is 0 Å². The van der Waals surface area contributed by atoms with Gasteiger partial charge in [0.05, 0.1) is 6.61 Å². The Bertz CT molecular complexity index is 1710. The molecule has 7 nitrogen and oxygen atoms in total. The van der Waals surface area contributed by atoms with E-state index in [1.807, 2.05) is 108 Å². The van der Waals surface area contributed by atoms with E-state index in [0.29, 0.717) is 23.6 Å². The van der Waals surface area contributed by atoms with Gasteiger partial charge in [-0.1, -0.05) is 87.4 Å². The Balaban J connectivity index is 1.28. The van der Waals surface area contributed by atoms with Crippen molar-refractivity contribution >= 4 is 23.1 Å². The summed E-state index contributed by atoms with van der Waals surface area (Å²) in [4.78, 5) is 29.1. The summed E-state index contributed by atoms with van der Waals surface area (Å²) in [5, 5.41) is 2.81. The Kier molecular flexibility index (Phi) is 12.2. The maximum Gasteiger partial charge on any atom is 0.411 e. The molecule has 2 heterocycles. The first-order valence-electron chi connectivity index (χ1n) is 16.7. The van der Waals surface area contributed by atoms with Crippen molar-refractivity contribution in [1.82, 2.24) is 9.30 Å². The Morgan fingerprint density at radius 1 is 0.766 bits per heavy atom. The largest absolute Gasteiger partial charge is 0.494 e. The second kappa shape index (κ2) is 17.2. The summed E-state index contributed by atoms with van der Waals surface area (Å²) in [6.07, 6.45) is 7.10. The van der Waals surface area contributed by atoms with Crippen LogP contribution in [0.25, 0.3) is 16.6 Å². The number of carbonyl (C=O) groups is 2. The number of fused-ring (bicyclic) bond motifs is 1. The van der Waals surface area contributed by atoms with Crippen LogP contribution >= 0.6 is 0 Å². The first kappa shape index (κ1) is 33.5. The first-order valence-corrected chi connectivity index (χ1v) is 16.7. The van der Waals surface area contributed by atoms with E-state index in [-0.39, 0.29) is 12.4 Å². The number of unbranched alkanes of at least 4 members (excludes halogenated alkanes) is 2. The second-order valence-corrected chi connectivity index (χ2v) is 11.8. The summed E-state index contributed by atoms with van der Waals surface area (Å²) in [5.74, 6) is 0.661. The number of benzene rings is 3. The third-order valence-electron chi connectivity index (χ3n) is 8.19. The van der Waals surface area contributed by atoms with Gasteiger partial charge in [0, 0.05) is 35.1 Å². The monoisotopic (exact) mass is 631 g/mol. The van der Waals surface area contributed by atoms with Crippen LogP contribution in [-0.4, -0.2) is 47.4 Å². The molecule has 5 aromatic rings. The molecule has 47 heavy (non-hydrogen) atoms. The topological polar surface area (TPSA) is 72.3 Å². The van der Waals surface area contributed by atoms with E-state index in [4.69, 9.17) is 9.47 Å². The molecular formula is C40H45N3O4. The van der Waals surface area contributed by atoms with E-state index in [2.05, 4.69) is 24.1 Å². The van der Waals surface area contributed by atoms with Crippen LogP contribution in [0.1, 0.15) is 67.6 Å². The average molecular weight is 632 g/mol. The van der Waals surface area contributed by atoms with E-state index in [1.54, 1.807) is 6.07 Å². The van der Waals surface area contributed by atoms with Crippen molar-refractivity contribution in [3.63, 3.8) is 0 Å². The Morgan fingerprint density at radius 3 is 2.11 bits per heavy atom. The molecule has 7 heteroatoms. The normalized spacial score (nSPS) is 11.1. The minimum absolute atomic E-state index is 0.0964. The van der Waals surface area contributed by atoms with Gasteiger partial charge in [-0.3, -0.25) is 10.1 Å². The molecule has 0 saturated heterocycles. The maximum atomic E-state index is 14.1. The van der Waals surface area contributed by atoms with Crippen LogP contribution in [0.15, 0.2) is 109 Å². The number of nitrogens with zero attached hydrogens (tertiary/aromatic N) is 2. The van der Waals surface area contributed by atoms with Gasteiger partial charge < -0.3 is 18.8 Å². The molecule has 0 saturated carbocycles. The molecule has 1 amide bonds. The van der Waals surface area contributed by atoms with Crippen LogP contribution in [-0.2, 0) is 11.3 Å². The minimum atomic E-state index is -0.544. The molecule has 1 N–H and O–H groups in total. The zero-order valence-corrected chi connectivity index (χ0v) is 27.5. The van der Waals surface area contributed by atoms with Gasteiger partial charge in [-0.25, -0.2) is 4.79 Å². The summed E-state index contributed by atoms with van der Waals surface area (Å²) in [5.41, 5.74) is 5.14. The Hall–Kier alpha value is -4.88. The lowest BCUT2D eigenvalue weighted by atomic mass is 10.0. The van der Waals surface area contributed by atoms with Gasteiger partial charge in [0.1, 0.15) is 18.1 Å². The summed E-state index contributed by atoms with van der Waals surface area (Å²) < 4.78 is 13.3. The van der Waals surface area contributed by atoms with E-state index in [9.17, 15) is 9.59 Å². The fraction of sp³-hybridized carbons (Fsp3) is 0.300. The number of hydrogen-bond donors (Lipinski definition) is 1. The highest BCUT2D eigenvalue weighted by atomic mass is 16.5. The average Bonchev–Trinajstić information content (AvgIpc) is 3.49. The standard InChI is InChI=1S/C40H45N3O4/c1-3-5-23-42(24-6-4-2)25-13-27-46-36-20-18-33(19-21-36)39(44)38-37(32-16-11-8-12-17-32)29-35-28-34(22-26-43(35)38)41-40(45)47-30-31-14-9-7-10-15-31/h7-12,14-22,26,28-29H,3-6,13,23-25,27,30H2,1-2H3,(H,41,45). The van der Waals surface area contributed by atoms with E-state index >= 15 is 0 Å². The SMILES string of the molecule is CCCCN(CCCC)CCCOc1ccc(C(=O)c2c(-c3ccccc3)cc3cc(NC(=O)OCc4ccccc4)ccn23)cc1. The number of rotatable bonds is 17. The predicted octanol–water partition coefficient (Wildman–Crippen LogP) is 9.26. The number of hydrogen-bond acceptors (Lipinski definition) is 5. The second-order valence-electron chi connectivity index (χ2n) is 11.8. The first-order chi connectivity index (χ1) is 23.1. The molecule has 5 rings (SSSR count). The molecule has 0 spiro atoms. The van der Waals surface area contributed by atoms with Gasteiger partial charge in [0.25, 0.3) is 0 Å². The summed E-state index contributed by atoms with van der Waals surface area (Å²) in [6, 6.07) is 32.4. The van der Waals surface area contributed by atoms with Crippen LogP contribution in [0.5, 0.6) is 5.75 Å². The Morgan fingerprint density at radius 2 is 1.43 bits per heavy atom. The lowest BCUT2D eigenvalue weighted by Gasteiger charge is -2.21. The Labute approximate surface area is 278 Å². The molecule has 0 radical (unpaired) electrons. The highest BCUT2D eigenvalue weighted by molar-refractivity contribution is 6.13. The van der Waals surface area contributed by atoms with E-state index < -0.39 is 6.09 Å². The van der Waals surface area contributed by atoms with Crippen molar-refractivity contribution in [2.45, 2.75) is 52.6 Å². The van der Waals surface area contributed by atoms with Gasteiger partial charge in [-0.15, -0.1) is 0 Å². The van der Waals surface area contributed by atoms with Crippen molar-refractivity contribution in [2.24, 2.45) is 0 Å². The smallest absolute Gasteiger partial charge is 0.411 e. The molecule has 3 aromatic carbocycles. The fourth-order valence-electron chi connectivity index (χ4n) is 5.62. The van der Waals surface area contributed by atoms with Crippen molar-refractivity contribution < 1.29 is 19.1 Å².